The molecule has 0 atom stereocenters. The number of amides is 2. The van der Waals surface area contributed by atoms with Crippen LogP contribution in [-0.4, -0.2) is 35.5 Å². The molecule has 6 heteroatoms. The molecule has 1 saturated heterocycles. The summed E-state index contributed by atoms with van der Waals surface area (Å²) in [6.45, 7) is 7.45. The molecule has 0 aliphatic carbocycles. The highest BCUT2D eigenvalue weighted by Gasteiger charge is 2.42. The van der Waals surface area contributed by atoms with Gasteiger partial charge in [0.1, 0.15) is 11.5 Å². The number of halogens is 1. The zero-order chi connectivity index (χ0) is 20.8. The predicted octanol–water partition coefficient (Wildman–Crippen LogP) is 3.91. The number of carbonyl (C=O) groups is 2. The van der Waals surface area contributed by atoms with E-state index in [1.54, 1.807) is 12.1 Å². The smallest absolute Gasteiger partial charge is 0.258 e. The maximum Gasteiger partial charge on any atom is 0.258 e. The van der Waals surface area contributed by atoms with Crippen molar-refractivity contribution >= 4 is 17.5 Å². The van der Waals surface area contributed by atoms with Crippen LogP contribution in [0.1, 0.15) is 59.9 Å². The summed E-state index contributed by atoms with van der Waals surface area (Å²) in [5.74, 6) is -0.947. The van der Waals surface area contributed by atoms with Gasteiger partial charge in [0.25, 0.3) is 11.8 Å². The number of hydrogen-bond acceptors (Lipinski definition) is 3. The molecular weight excluding hydrogens is 369 g/mol. The molecule has 2 aliphatic heterocycles. The second-order valence-corrected chi connectivity index (χ2v) is 8.94. The molecule has 2 heterocycles. The number of fused-ring (bicyclic) bond motifs is 1. The first-order chi connectivity index (χ1) is 13.7. The summed E-state index contributed by atoms with van der Waals surface area (Å²) in [5.41, 5.74) is 1.81. The molecule has 2 amide bonds. The molecular formula is C23H26FN3O2. The van der Waals surface area contributed by atoms with Gasteiger partial charge in [-0.15, -0.1) is 0 Å². The highest BCUT2D eigenvalue weighted by molar-refractivity contribution is 6.02. The van der Waals surface area contributed by atoms with E-state index < -0.39 is 17.4 Å². The Hall–Kier alpha value is -2.89. The molecule has 5 nitrogen and oxygen atoms in total. The van der Waals surface area contributed by atoms with Crippen molar-refractivity contribution in [3.8, 4) is 0 Å². The molecule has 29 heavy (non-hydrogen) atoms. The number of hydrogen-bond donors (Lipinski definition) is 2. The standard InChI is InChI=1S/C23H26FN3O2/c1-22(2,3)16-9-7-15(8-10-16)21(29)27-13-11-23(12-14-27)25-18-6-4-5-17(24)19(18)20(28)26-23/h4-10,25H,11-14H2,1-3H3,(H,26,28). The molecule has 0 radical (unpaired) electrons. The number of nitrogens with zero attached hydrogens (tertiary/aromatic N) is 1. The van der Waals surface area contributed by atoms with E-state index >= 15 is 0 Å². The van der Waals surface area contributed by atoms with E-state index in [1.807, 2.05) is 29.2 Å². The minimum absolute atomic E-state index is 0.00566. The summed E-state index contributed by atoms with van der Waals surface area (Å²) in [5, 5.41) is 6.22. The van der Waals surface area contributed by atoms with Crippen molar-refractivity contribution < 1.29 is 14.0 Å². The molecule has 2 aromatic carbocycles. The highest BCUT2D eigenvalue weighted by Crippen LogP contribution is 2.33. The fourth-order valence-electron chi connectivity index (χ4n) is 4.06. The molecule has 1 fully saturated rings. The monoisotopic (exact) mass is 395 g/mol. The second kappa shape index (κ2) is 6.87. The Kier molecular flexibility index (Phi) is 4.60. The lowest BCUT2D eigenvalue weighted by molar-refractivity contribution is 0.0639. The Labute approximate surface area is 170 Å². The van der Waals surface area contributed by atoms with Gasteiger partial charge in [0.15, 0.2) is 0 Å². The van der Waals surface area contributed by atoms with Crippen LogP contribution in [-0.2, 0) is 5.41 Å². The van der Waals surface area contributed by atoms with Crippen molar-refractivity contribution in [1.82, 2.24) is 10.2 Å². The fourth-order valence-corrected chi connectivity index (χ4v) is 4.06. The minimum Gasteiger partial charge on any atom is -0.362 e. The predicted molar refractivity (Wildman–Crippen MR) is 110 cm³/mol. The molecule has 0 unspecified atom stereocenters. The summed E-state index contributed by atoms with van der Waals surface area (Å²) in [6, 6.07) is 12.4. The Morgan fingerprint density at radius 3 is 2.31 bits per heavy atom. The van der Waals surface area contributed by atoms with Gasteiger partial charge in [0, 0.05) is 31.5 Å². The maximum absolute atomic E-state index is 14.0. The molecule has 0 bridgehead atoms. The number of rotatable bonds is 1. The SMILES string of the molecule is CC(C)(C)c1ccc(C(=O)N2CCC3(CC2)NC(=O)c2c(F)cccc2N3)cc1. The number of piperidine rings is 1. The number of likely N-dealkylation sites (tertiary alicyclic amines) is 1. The van der Waals surface area contributed by atoms with Gasteiger partial charge >= 0.3 is 0 Å². The zero-order valence-corrected chi connectivity index (χ0v) is 17.0. The van der Waals surface area contributed by atoms with Gasteiger partial charge in [-0.2, -0.15) is 0 Å². The van der Waals surface area contributed by atoms with Crippen LogP contribution in [0.15, 0.2) is 42.5 Å². The van der Waals surface area contributed by atoms with Gasteiger partial charge in [-0.1, -0.05) is 39.0 Å². The lowest BCUT2D eigenvalue weighted by Gasteiger charge is -2.45. The Morgan fingerprint density at radius 2 is 1.69 bits per heavy atom. The van der Waals surface area contributed by atoms with Crippen LogP contribution in [0.25, 0.3) is 0 Å². The average Bonchev–Trinajstić information content (AvgIpc) is 2.67. The van der Waals surface area contributed by atoms with E-state index in [1.165, 1.54) is 11.6 Å². The molecule has 0 saturated carbocycles. The third-order valence-corrected chi connectivity index (χ3v) is 5.87. The maximum atomic E-state index is 14.0. The third-order valence-electron chi connectivity index (χ3n) is 5.87. The fraction of sp³-hybridized carbons (Fsp3) is 0.391. The minimum atomic E-state index is -0.648. The van der Waals surface area contributed by atoms with Crippen molar-refractivity contribution in [1.29, 1.82) is 0 Å². The van der Waals surface area contributed by atoms with E-state index in [-0.39, 0.29) is 16.9 Å². The second-order valence-electron chi connectivity index (χ2n) is 8.94. The number of anilines is 1. The first-order valence-corrected chi connectivity index (χ1v) is 9.98. The summed E-state index contributed by atoms with van der Waals surface area (Å²) < 4.78 is 14.0. The average molecular weight is 395 g/mol. The van der Waals surface area contributed by atoms with E-state index in [0.717, 1.165) is 0 Å². The molecule has 0 aromatic heterocycles. The number of nitrogens with one attached hydrogen (secondary N) is 2. The van der Waals surface area contributed by atoms with Gasteiger partial charge in [0.2, 0.25) is 0 Å². The lowest BCUT2D eigenvalue weighted by Crippen LogP contribution is -2.62. The summed E-state index contributed by atoms with van der Waals surface area (Å²) in [7, 11) is 0. The first-order valence-electron chi connectivity index (χ1n) is 9.98. The third kappa shape index (κ3) is 3.59. The van der Waals surface area contributed by atoms with Crippen molar-refractivity contribution in [2.24, 2.45) is 0 Å². The lowest BCUT2D eigenvalue weighted by atomic mass is 9.86. The molecule has 4 rings (SSSR count). The first kappa shape index (κ1) is 19.4. The van der Waals surface area contributed by atoms with Crippen LogP contribution in [0.2, 0.25) is 0 Å². The molecule has 1 spiro atoms. The van der Waals surface area contributed by atoms with E-state index in [2.05, 4.69) is 31.4 Å². The van der Waals surface area contributed by atoms with E-state index in [4.69, 9.17) is 0 Å². The molecule has 152 valence electrons. The van der Waals surface area contributed by atoms with Crippen LogP contribution in [0.5, 0.6) is 0 Å². The van der Waals surface area contributed by atoms with E-state index in [9.17, 15) is 14.0 Å². The quantitative estimate of drug-likeness (QED) is 0.770. The van der Waals surface area contributed by atoms with Crippen molar-refractivity contribution in [3.63, 3.8) is 0 Å². The number of carbonyl (C=O) groups excluding carboxylic acids is 2. The summed E-state index contributed by atoms with van der Waals surface area (Å²) in [4.78, 5) is 27.2. The van der Waals surface area contributed by atoms with Gasteiger partial charge < -0.3 is 15.5 Å². The number of benzene rings is 2. The largest absolute Gasteiger partial charge is 0.362 e. The van der Waals surface area contributed by atoms with Crippen LogP contribution in [0.4, 0.5) is 10.1 Å². The van der Waals surface area contributed by atoms with Gasteiger partial charge in [-0.05, 0) is 35.2 Å². The van der Waals surface area contributed by atoms with Gasteiger partial charge in [-0.3, -0.25) is 9.59 Å². The normalized spacial score (nSPS) is 18.1. The van der Waals surface area contributed by atoms with Crippen molar-refractivity contribution in [3.05, 3.63) is 65.0 Å². The van der Waals surface area contributed by atoms with Crippen LogP contribution in [0.3, 0.4) is 0 Å². The van der Waals surface area contributed by atoms with Crippen molar-refractivity contribution in [2.45, 2.75) is 44.7 Å². The summed E-state index contributed by atoms with van der Waals surface area (Å²) in [6.07, 6.45) is 1.11. The molecule has 2 aromatic rings. The zero-order valence-electron chi connectivity index (χ0n) is 17.0. The Bertz CT molecular complexity index is 955. The Morgan fingerprint density at radius 1 is 1.03 bits per heavy atom. The Balaban J connectivity index is 1.46. The summed E-state index contributed by atoms with van der Waals surface area (Å²) >= 11 is 0. The van der Waals surface area contributed by atoms with Crippen LogP contribution >= 0.6 is 0 Å². The van der Waals surface area contributed by atoms with Crippen LogP contribution < -0.4 is 10.6 Å². The van der Waals surface area contributed by atoms with Crippen molar-refractivity contribution in [2.75, 3.05) is 18.4 Å². The van der Waals surface area contributed by atoms with Gasteiger partial charge in [0.05, 0.1) is 11.3 Å². The molecule has 2 N–H and O–H groups in total. The topological polar surface area (TPSA) is 61.4 Å². The highest BCUT2D eigenvalue weighted by atomic mass is 19.1. The van der Waals surface area contributed by atoms with E-state index in [0.29, 0.717) is 37.2 Å². The molecule has 2 aliphatic rings. The van der Waals surface area contributed by atoms with Gasteiger partial charge in [-0.25, -0.2) is 4.39 Å². The van der Waals surface area contributed by atoms with Crippen LogP contribution in [0, 0.1) is 5.82 Å².